The minimum atomic E-state index is -1.07. The van der Waals surface area contributed by atoms with Gasteiger partial charge in [-0.15, -0.1) is 0 Å². The zero-order valence-electron chi connectivity index (χ0n) is 10.4. The normalized spacial score (nSPS) is 14.8. The number of hydrogen-bond donors (Lipinski definition) is 1. The van der Waals surface area contributed by atoms with Crippen LogP contribution in [-0.2, 0) is 6.42 Å². The standard InChI is InChI=1S/C14H14N2O3/c17-13(18)11-9-19-14(15-11)16-8-4-3-6-10-5-1-2-7-12(10)16/h1-2,5,7,9H,3-4,6,8H2,(H,17,18). The highest BCUT2D eigenvalue weighted by atomic mass is 16.4. The fourth-order valence-electron chi connectivity index (χ4n) is 2.38. The number of nitrogens with zero attached hydrogens (tertiary/aromatic N) is 2. The summed E-state index contributed by atoms with van der Waals surface area (Å²) in [6, 6.07) is 8.45. The van der Waals surface area contributed by atoms with Crippen LogP contribution in [0.25, 0.3) is 0 Å². The van der Waals surface area contributed by atoms with E-state index in [4.69, 9.17) is 9.52 Å². The van der Waals surface area contributed by atoms with Crippen molar-refractivity contribution in [3.63, 3.8) is 0 Å². The zero-order valence-corrected chi connectivity index (χ0v) is 10.4. The molecule has 2 heterocycles. The van der Waals surface area contributed by atoms with Gasteiger partial charge in [0, 0.05) is 12.2 Å². The monoisotopic (exact) mass is 258 g/mol. The lowest BCUT2D eigenvalue weighted by molar-refractivity contribution is 0.0690. The van der Waals surface area contributed by atoms with Gasteiger partial charge >= 0.3 is 12.0 Å². The number of aromatic nitrogens is 1. The lowest BCUT2D eigenvalue weighted by atomic mass is 10.1. The van der Waals surface area contributed by atoms with Gasteiger partial charge in [0.1, 0.15) is 6.26 Å². The number of benzene rings is 1. The van der Waals surface area contributed by atoms with E-state index < -0.39 is 5.97 Å². The number of rotatable bonds is 2. The quantitative estimate of drug-likeness (QED) is 0.897. The van der Waals surface area contributed by atoms with Crippen molar-refractivity contribution in [1.82, 2.24) is 4.98 Å². The molecule has 0 radical (unpaired) electrons. The molecule has 19 heavy (non-hydrogen) atoms. The fraction of sp³-hybridized carbons (Fsp3) is 0.286. The molecule has 1 aromatic heterocycles. The zero-order chi connectivity index (χ0) is 13.2. The smallest absolute Gasteiger partial charge is 0.357 e. The van der Waals surface area contributed by atoms with Gasteiger partial charge in [-0.3, -0.25) is 4.90 Å². The molecule has 3 rings (SSSR count). The Kier molecular flexibility index (Phi) is 2.95. The molecule has 5 heteroatoms. The fourth-order valence-corrected chi connectivity index (χ4v) is 2.38. The Hall–Kier alpha value is -2.30. The Morgan fingerprint density at radius 3 is 2.95 bits per heavy atom. The molecule has 1 N–H and O–H groups in total. The largest absolute Gasteiger partial charge is 0.476 e. The lowest BCUT2D eigenvalue weighted by Gasteiger charge is -2.20. The number of aryl methyl sites for hydroxylation is 1. The number of para-hydroxylation sites is 1. The molecular formula is C14H14N2O3. The number of oxazole rings is 1. The minimum absolute atomic E-state index is 0.0586. The maximum atomic E-state index is 10.9. The van der Waals surface area contributed by atoms with Crippen molar-refractivity contribution in [2.75, 3.05) is 11.4 Å². The Morgan fingerprint density at radius 2 is 2.16 bits per heavy atom. The van der Waals surface area contributed by atoms with Crippen molar-refractivity contribution in [3.8, 4) is 0 Å². The molecule has 0 amide bonds. The number of carboxylic acid groups (broad SMARTS) is 1. The minimum Gasteiger partial charge on any atom is -0.476 e. The summed E-state index contributed by atoms with van der Waals surface area (Å²) in [6.07, 6.45) is 4.35. The van der Waals surface area contributed by atoms with Crippen LogP contribution in [0.5, 0.6) is 0 Å². The molecule has 1 aliphatic heterocycles. The number of carboxylic acids is 1. The van der Waals surface area contributed by atoms with Crippen LogP contribution in [-0.4, -0.2) is 22.6 Å². The van der Waals surface area contributed by atoms with Crippen LogP contribution in [0.3, 0.4) is 0 Å². The maximum Gasteiger partial charge on any atom is 0.357 e. The molecular weight excluding hydrogens is 244 g/mol. The Balaban J connectivity index is 2.01. The van der Waals surface area contributed by atoms with Crippen molar-refractivity contribution < 1.29 is 14.3 Å². The van der Waals surface area contributed by atoms with E-state index in [9.17, 15) is 4.79 Å². The third kappa shape index (κ3) is 2.19. The van der Waals surface area contributed by atoms with E-state index in [1.54, 1.807) is 0 Å². The van der Waals surface area contributed by atoms with Gasteiger partial charge in [0.2, 0.25) is 0 Å². The molecule has 2 aromatic rings. The van der Waals surface area contributed by atoms with Crippen molar-refractivity contribution in [2.45, 2.75) is 19.3 Å². The van der Waals surface area contributed by atoms with Crippen LogP contribution >= 0.6 is 0 Å². The van der Waals surface area contributed by atoms with Gasteiger partial charge in [-0.25, -0.2) is 4.79 Å². The van der Waals surface area contributed by atoms with Crippen molar-refractivity contribution in [1.29, 1.82) is 0 Å². The lowest BCUT2D eigenvalue weighted by Crippen LogP contribution is -2.18. The predicted molar refractivity (Wildman–Crippen MR) is 69.8 cm³/mol. The summed E-state index contributed by atoms with van der Waals surface area (Å²) in [7, 11) is 0. The molecule has 0 saturated heterocycles. The molecule has 0 fully saturated rings. The van der Waals surface area contributed by atoms with Gasteiger partial charge in [-0.05, 0) is 30.9 Å². The number of aromatic carboxylic acids is 1. The van der Waals surface area contributed by atoms with E-state index in [1.807, 2.05) is 23.1 Å². The highest BCUT2D eigenvalue weighted by molar-refractivity contribution is 5.85. The Labute approximate surface area is 110 Å². The molecule has 1 aliphatic rings. The third-order valence-corrected chi connectivity index (χ3v) is 3.30. The highest BCUT2D eigenvalue weighted by Gasteiger charge is 2.21. The van der Waals surface area contributed by atoms with Crippen LogP contribution in [0.2, 0.25) is 0 Å². The second kappa shape index (κ2) is 4.76. The molecule has 0 bridgehead atoms. The molecule has 98 valence electrons. The number of hydrogen-bond acceptors (Lipinski definition) is 4. The summed E-state index contributed by atoms with van der Waals surface area (Å²) in [5, 5.41) is 8.91. The van der Waals surface area contributed by atoms with Crippen molar-refractivity contribution in [2.24, 2.45) is 0 Å². The van der Waals surface area contributed by atoms with Crippen molar-refractivity contribution in [3.05, 3.63) is 41.8 Å². The summed E-state index contributed by atoms with van der Waals surface area (Å²) >= 11 is 0. The van der Waals surface area contributed by atoms with Crippen LogP contribution in [0.1, 0.15) is 28.9 Å². The van der Waals surface area contributed by atoms with Crippen molar-refractivity contribution >= 4 is 17.7 Å². The van der Waals surface area contributed by atoms with Gasteiger partial charge in [0.25, 0.3) is 0 Å². The molecule has 5 nitrogen and oxygen atoms in total. The van der Waals surface area contributed by atoms with Gasteiger partial charge in [-0.2, -0.15) is 4.98 Å². The van der Waals surface area contributed by atoms with E-state index in [0.717, 1.165) is 31.5 Å². The topological polar surface area (TPSA) is 66.6 Å². The molecule has 1 aromatic carbocycles. The molecule has 0 saturated carbocycles. The van der Waals surface area contributed by atoms with Gasteiger partial charge in [0.05, 0.1) is 0 Å². The average Bonchev–Trinajstić information content (AvgIpc) is 2.80. The van der Waals surface area contributed by atoms with E-state index >= 15 is 0 Å². The molecule has 0 spiro atoms. The maximum absolute atomic E-state index is 10.9. The average molecular weight is 258 g/mol. The summed E-state index contributed by atoms with van der Waals surface area (Å²) in [5.74, 6) is -1.07. The van der Waals surface area contributed by atoms with Gasteiger partial charge in [-0.1, -0.05) is 18.2 Å². The third-order valence-electron chi connectivity index (χ3n) is 3.30. The van der Waals surface area contributed by atoms with E-state index in [1.165, 1.54) is 11.8 Å². The van der Waals surface area contributed by atoms with Crippen LogP contribution in [0.4, 0.5) is 11.7 Å². The van der Waals surface area contributed by atoms with E-state index in [0.29, 0.717) is 6.01 Å². The number of fused-ring (bicyclic) bond motifs is 1. The summed E-state index contributed by atoms with van der Waals surface area (Å²) in [5.41, 5.74) is 2.24. The summed E-state index contributed by atoms with van der Waals surface area (Å²) in [6.45, 7) is 0.788. The first-order chi connectivity index (χ1) is 9.25. The van der Waals surface area contributed by atoms with Crippen LogP contribution < -0.4 is 4.90 Å². The van der Waals surface area contributed by atoms with E-state index in [-0.39, 0.29) is 5.69 Å². The van der Waals surface area contributed by atoms with Crippen LogP contribution in [0.15, 0.2) is 34.9 Å². The molecule has 0 aliphatic carbocycles. The first-order valence-corrected chi connectivity index (χ1v) is 6.30. The summed E-state index contributed by atoms with van der Waals surface area (Å²) < 4.78 is 5.31. The second-order valence-corrected chi connectivity index (χ2v) is 4.56. The van der Waals surface area contributed by atoms with E-state index in [2.05, 4.69) is 11.1 Å². The first-order valence-electron chi connectivity index (χ1n) is 6.30. The highest BCUT2D eigenvalue weighted by Crippen LogP contribution is 2.31. The predicted octanol–water partition coefficient (Wildman–Crippen LogP) is 2.85. The molecule has 0 atom stereocenters. The number of carbonyl (C=O) groups is 1. The van der Waals surface area contributed by atoms with Gasteiger partial charge in [0.15, 0.2) is 5.69 Å². The Morgan fingerprint density at radius 1 is 1.32 bits per heavy atom. The van der Waals surface area contributed by atoms with Crippen LogP contribution in [0, 0.1) is 0 Å². The Bertz CT molecular complexity index is 606. The number of anilines is 2. The first kappa shape index (κ1) is 11.8. The van der Waals surface area contributed by atoms with Gasteiger partial charge < -0.3 is 9.52 Å². The summed E-state index contributed by atoms with van der Waals surface area (Å²) in [4.78, 5) is 16.9. The second-order valence-electron chi connectivity index (χ2n) is 4.56. The SMILES string of the molecule is O=C(O)c1coc(N2CCCCc3ccccc32)n1. The molecule has 0 unspecified atom stereocenters.